The summed E-state index contributed by atoms with van der Waals surface area (Å²) in [5, 5.41) is 0.588. The summed E-state index contributed by atoms with van der Waals surface area (Å²) in [5.41, 5.74) is 1.17. The second kappa shape index (κ2) is 11.2. The molecule has 0 aliphatic carbocycles. The molecule has 0 N–H and O–H groups in total. The highest BCUT2D eigenvalue weighted by Crippen LogP contribution is 2.39. The minimum Gasteiger partial charge on any atom is -0.486 e. The van der Waals surface area contributed by atoms with Crippen LogP contribution in [0, 0.1) is 5.92 Å². The van der Waals surface area contributed by atoms with Crippen LogP contribution >= 0.6 is 11.3 Å². The number of benzene rings is 2. The second-order valence-electron chi connectivity index (χ2n) is 10.2. The third-order valence-electron chi connectivity index (χ3n) is 6.86. The molecule has 1 fully saturated rings. The summed E-state index contributed by atoms with van der Waals surface area (Å²) in [5.74, 6) is 1.47. The van der Waals surface area contributed by atoms with E-state index in [-0.39, 0.29) is 10.8 Å². The lowest BCUT2D eigenvalue weighted by Crippen LogP contribution is -2.39. The Balaban J connectivity index is 1.41. The van der Waals surface area contributed by atoms with Crippen molar-refractivity contribution in [3.8, 4) is 11.5 Å². The second-order valence-corrected chi connectivity index (χ2v) is 13.2. The Morgan fingerprint density at radius 2 is 1.82 bits per heavy atom. The predicted octanol–water partition coefficient (Wildman–Crippen LogP) is 4.09. The molecule has 1 unspecified atom stereocenters. The van der Waals surface area contributed by atoms with Crippen LogP contribution in [0.1, 0.15) is 36.5 Å². The third-order valence-corrected chi connectivity index (χ3v) is 9.78. The van der Waals surface area contributed by atoms with Gasteiger partial charge < -0.3 is 14.4 Å². The van der Waals surface area contributed by atoms with Crippen LogP contribution in [0.2, 0.25) is 0 Å². The summed E-state index contributed by atoms with van der Waals surface area (Å²) < 4.78 is 40.2. The molecule has 0 spiro atoms. The zero-order valence-corrected chi connectivity index (χ0v) is 23.7. The molecule has 1 saturated heterocycles. The molecule has 5 rings (SSSR count). The lowest BCUT2D eigenvalue weighted by atomic mass is 10.0. The maximum atomic E-state index is 13.7. The Kier molecular flexibility index (Phi) is 7.90. The van der Waals surface area contributed by atoms with Gasteiger partial charge in [-0.1, -0.05) is 18.3 Å². The van der Waals surface area contributed by atoms with E-state index in [0.29, 0.717) is 61.0 Å². The number of thiazole rings is 1. The Morgan fingerprint density at radius 3 is 2.50 bits per heavy atom. The monoisotopic (exact) mass is 558 g/mol. The van der Waals surface area contributed by atoms with Crippen molar-refractivity contribution in [3.63, 3.8) is 0 Å². The number of rotatable bonds is 8. The molecule has 0 radical (unpaired) electrons. The zero-order valence-electron chi connectivity index (χ0n) is 22.1. The Hall–Kier alpha value is -2.73. The molecule has 9 nitrogen and oxygen atoms in total. The number of carbonyl (C=O) groups is 1. The van der Waals surface area contributed by atoms with Crippen molar-refractivity contribution < 1.29 is 22.7 Å². The number of ether oxygens (including phenoxy) is 2. The maximum absolute atomic E-state index is 13.7. The van der Waals surface area contributed by atoms with Gasteiger partial charge in [-0.2, -0.15) is 4.31 Å². The normalized spacial score (nSPS) is 18.2. The minimum atomic E-state index is -3.59. The molecule has 38 heavy (non-hydrogen) atoms. The molecule has 1 atom stereocenters. The van der Waals surface area contributed by atoms with Gasteiger partial charge in [-0.15, -0.1) is 0 Å². The van der Waals surface area contributed by atoms with Gasteiger partial charge in [0, 0.05) is 37.3 Å². The molecule has 2 aliphatic heterocycles. The first-order valence-electron chi connectivity index (χ1n) is 13.0. The fraction of sp³-hybridized carbons (Fsp3) is 0.481. The number of hydrogen-bond donors (Lipinski definition) is 0. The first-order valence-corrected chi connectivity index (χ1v) is 15.2. The number of hydrogen-bond acceptors (Lipinski definition) is 8. The van der Waals surface area contributed by atoms with Crippen LogP contribution < -0.4 is 14.4 Å². The van der Waals surface area contributed by atoms with Gasteiger partial charge in [0.1, 0.15) is 13.2 Å². The van der Waals surface area contributed by atoms with Gasteiger partial charge in [0.2, 0.25) is 10.0 Å². The highest BCUT2D eigenvalue weighted by atomic mass is 32.2. The van der Waals surface area contributed by atoms with Crippen molar-refractivity contribution >= 4 is 42.6 Å². The van der Waals surface area contributed by atoms with E-state index in [1.54, 1.807) is 33.5 Å². The first-order chi connectivity index (χ1) is 18.2. The van der Waals surface area contributed by atoms with Crippen molar-refractivity contribution in [2.45, 2.75) is 31.1 Å². The molecule has 204 valence electrons. The SMILES string of the molecule is CC1CCCN(S(=O)(=O)c2ccc(C(=O)N(CCCN(C)C)c3nc4cc5c(cc4s3)OCCO5)cc2)C1. The van der Waals surface area contributed by atoms with E-state index in [2.05, 4.69) is 11.8 Å². The van der Waals surface area contributed by atoms with Crippen LogP contribution in [0.4, 0.5) is 5.13 Å². The fourth-order valence-corrected chi connectivity index (χ4v) is 7.43. The number of anilines is 1. The highest BCUT2D eigenvalue weighted by molar-refractivity contribution is 7.89. The van der Waals surface area contributed by atoms with Gasteiger partial charge in [-0.05, 0) is 70.1 Å². The van der Waals surface area contributed by atoms with Crippen molar-refractivity contribution in [2.24, 2.45) is 5.92 Å². The molecule has 3 heterocycles. The Labute approximate surface area is 228 Å². The number of sulfonamides is 1. The van der Waals surface area contributed by atoms with E-state index in [1.807, 2.05) is 26.2 Å². The van der Waals surface area contributed by atoms with E-state index in [1.165, 1.54) is 11.3 Å². The van der Waals surface area contributed by atoms with Gasteiger partial charge in [-0.3, -0.25) is 9.69 Å². The topological polar surface area (TPSA) is 92.3 Å². The smallest absolute Gasteiger partial charge is 0.260 e. The number of carbonyl (C=O) groups excluding carboxylic acids is 1. The van der Waals surface area contributed by atoms with Gasteiger partial charge in [0.15, 0.2) is 16.6 Å². The van der Waals surface area contributed by atoms with Gasteiger partial charge in [0.05, 0.1) is 15.1 Å². The molecule has 2 aliphatic rings. The van der Waals surface area contributed by atoms with Crippen LogP contribution in [-0.2, 0) is 10.0 Å². The van der Waals surface area contributed by atoms with E-state index < -0.39 is 10.0 Å². The summed E-state index contributed by atoms with van der Waals surface area (Å²) in [4.78, 5) is 22.5. The quantitative estimate of drug-likeness (QED) is 0.411. The number of fused-ring (bicyclic) bond motifs is 2. The molecule has 0 bridgehead atoms. The Bertz CT molecular complexity index is 1360. The summed E-state index contributed by atoms with van der Waals surface area (Å²) in [6.07, 6.45) is 2.66. The van der Waals surface area contributed by atoms with Crippen LogP contribution in [0.3, 0.4) is 0 Å². The van der Waals surface area contributed by atoms with Crippen molar-refractivity contribution in [1.82, 2.24) is 14.2 Å². The maximum Gasteiger partial charge on any atom is 0.260 e. The largest absolute Gasteiger partial charge is 0.486 e. The molecule has 2 aromatic carbocycles. The van der Waals surface area contributed by atoms with Crippen molar-refractivity contribution in [2.75, 3.05) is 58.4 Å². The van der Waals surface area contributed by atoms with E-state index in [4.69, 9.17) is 14.5 Å². The predicted molar refractivity (Wildman–Crippen MR) is 149 cm³/mol. The average Bonchev–Trinajstić information content (AvgIpc) is 3.31. The summed E-state index contributed by atoms with van der Waals surface area (Å²) >= 11 is 1.43. The van der Waals surface area contributed by atoms with E-state index in [0.717, 1.165) is 36.0 Å². The molecule has 1 amide bonds. The molecule has 11 heteroatoms. The number of piperidine rings is 1. The molecule has 1 aromatic heterocycles. The number of aromatic nitrogens is 1. The summed E-state index contributed by atoms with van der Waals surface area (Å²) in [6.45, 7) is 5.43. The third kappa shape index (κ3) is 5.66. The van der Waals surface area contributed by atoms with Crippen LogP contribution in [0.25, 0.3) is 10.2 Å². The minimum absolute atomic E-state index is 0.212. The first kappa shape index (κ1) is 26.9. The van der Waals surface area contributed by atoms with Gasteiger partial charge >= 0.3 is 0 Å². The average molecular weight is 559 g/mol. The van der Waals surface area contributed by atoms with Crippen LogP contribution in [0.15, 0.2) is 41.3 Å². The molecular formula is C27H34N4O5S2. The van der Waals surface area contributed by atoms with Gasteiger partial charge in [-0.25, -0.2) is 13.4 Å². The van der Waals surface area contributed by atoms with E-state index >= 15 is 0 Å². The Morgan fingerprint density at radius 1 is 1.11 bits per heavy atom. The lowest BCUT2D eigenvalue weighted by Gasteiger charge is -2.30. The highest BCUT2D eigenvalue weighted by Gasteiger charge is 2.29. The molecule has 0 saturated carbocycles. The van der Waals surface area contributed by atoms with Crippen LogP contribution in [0.5, 0.6) is 11.5 Å². The summed E-state index contributed by atoms with van der Waals surface area (Å²) in [6, 6.07) is 10.1. The van der Waals surface area contributed by atoms with Gasteiger partial charge in [0.25, 0.3) is 5.91 Å². The zero-order chi connectivity index (χ0) is 26.9. The van der Waals surface area contributed by atoms with Crippen molar-refractivity contribution in [1.29, 1.82) is 0 Å². The summed E-state index contributed by atoms with van der Waals surface area (Å²) in [7, 11) is 0.403. The fourth-order valence-electron chi connectivity index (χ4n) is 4.84. The number of nitrogens with zero attached hydrogens (tertiary/aromatic N) is 4. The molecular weight excluding hydrogens is 524 g/mol. The lowest BCUT2D eigenvalue weighted by molar-refractivity contribution is 0.0986. The van der Waals surface area contributed by atoms with E-state index in [9.17, 15) is 13.2 Å². The standard InChI is InChI=1S/C27H34N4O5S2/c1-19-6-4-12-30(18-19)38(33,34)21-9-7-20(8-10-21)26(32)31(13-5-11-29(2)3)27-28-22-16-23-24(17-25(22)37-27)36-15-14-35-23/h7-10,16-17,19H,4-6,11-15,18H2,1-3H3. The molecule has 3 aromatic rings. The van der Waals surface area contributed by atoms with Crippen LogP contribution in [-0.4, -0.2) is 82.0 Å². The number of amides is 1. The van der Waals surface area contributed by atoms with Crippen molar-refractivity contribution in [3.05, 3.63) is 42.0 Å².